The van der Waals surface area contributed by atoms with E-state index in [1.54, 1.807) is 0 Å². The summed E-state index contributed by atoms with van der Waals surface area (Å²) in [5.41, 5.74) is 3.00. The Hall–Kier alpha value is -0.340. The second kappa shape index (κ2) is 6.29. The molecule has 0 saturated carbocycles. The first-order valence-corrected chi connectivity index (χ1v) is 6.33. The average molecular weight is 270 g/mol. The first-order chi connectivity index (χ1) is 7.13. The van der Waals surface area contributed by atoms with Crippen LogP contribution in [0.4, 0.5) is 0 Å². The number of likely N-dealkylation sites (N-methyl/N-ethyl adjacent to an activating group) is 1. The molecule has 0 aromatic rings. The highest BCUT2D eigenvalue weighted by atomic mass is 79.9. The van der Waals surface area contributed by atoms with Crippen LogP contribution in [0.2, 0.25) is 0 Å². The van der Waals surface area contributed by atoms with Crippen molar-refractivity contribution in [3.05, 3.63) is 33.9 Å². The number of rotatable bonds is 3. The van der Waals surface area contributed by atoms with Crippen LogP contribution in [0.3, 0.4) is 0 Å². The van der Waals surface area contributed by atoms with Gasteiger partial charge in [0.2, 0.25) is 0 Å². The fourth-order valence-corrected chi connectivity index (χ4v) is 1.86. The van der Waals surface area contributed by atoms with E-state index in [2.05, 4.69) is 60.0 Å². The fraction of sp³-hybridized carbons (Fsp3) is 0.538. The highest BCUT2D eigenvalue weighted by Crippen LogP contribution is 2.21. The summed E-state index contributed by atoms with van der Waals surface area (Å²) in [6, 6.07) is 0. The van der Waals surface area contributed by atoms with Gasteiger partial charge < -0.3 is 4.90 Å². The Morgan fingerprint density at radius 1 is 1.53 bits per heavy atom. The fourth-order valence-electron chi connectivity index (χ4n) is 1.73. The first-order valence-electron chi connectivity index (χ1n) is 5.54. The van der Waals surface area contributed by atoms with Crippen molar-refractivity contribution >= 4 is 15.9 Å². The quantitative estimate of drug-likeness (QED) is 0.703. The van der Waals surface area contributed by atoms with Crippen molar-refractivity contribution in [3.8, 4) is 0 Å². The van der Waals surface area contributed by atoms with Crippen molar-refractivity contribution in [2.75, 3.05) is 20.1 Å². The van der Waals surface area contributed by atoms with Gasteiger partial charge >= 0.3 is 0 Å². The van der Waals surface area contributed by atoms with Crippen molar-refractivity contribution in [1.29, 1.82) is 0 Å². The molecule has 0 fully saturated rings. The van der Waals surface area contributed by atoms with Gasteiger partial charge in [-0.2, -0.15) is 0 Å². The Labute approximate surface area is 102 Å². The van der Waals surface area contributed by atoms with E-state index in [4.69, 9.17) is 0 Å². The molecular weight excluding hydrogens is 250 g/mol. The van der Waals surface area contributed by atoms with Crippen molar-refractivity contribution in [1.82, 2.24) is 4.90 Å². The number of nitrogens with zero attached hydrogens (tertiary/aromatic N) is 1. The van der Waals surface area contributed by atoms with Crippen LogP contribution < -0.4 is 0 Å². The van der Waals surface area contributed by atoms with E-state index in [1.165, 1.54) is 28.6 Å². The highest BCUT2D eigenvalue weighted by Gasteiger charge is 2.09. The molecule has 0 N–H and O–H groups in total. The molecule has 0 spiro atoms. The van der Waals surface area contributed by atoms with Gasteiger partial charge in [-0.1, -0.05) is 41.1 Å². The normalized spacial score (nSPS) is 20.4. The highest BCUT2D eigenvalue weighted by molar-refractivity contribution is 9.11. The molecule has 0 unspecified atom stereocenters. The Balaban J connectivity index is 2.75. The molecular formula is C13H20BrN. The predicted octanol–water partition coefficient (Wildman–Crippen LogP) is 3.88. The minimum absolute atomic E-state index is 1.09. The van der Waals surface area contributed by atoms with Crippen molar-refractivity contribution in [3.63, 3.8) is 0 Å². The van der Waals surface area contributed by atoms with Gasteiger partial charge in [-0.3, -0.25) is 0 Å². The molecule has 1 aliphatic heterocycles. The Morgan fingerprint density at radius 2 is 2.27 bits per heavy atom. The third kappa shape index (κ3) is 4.35. The molecule has 0 aromatic heterocycles. The largest absolute Gasteiger partial charge is 0.302 e. The van der Waals surface area contributed by atoms with E-state index in [-0.39, 0.29) is 0 Å². The molecule has 2 heteroatoms. The summed E-state index contributed by atoms with van der Waals surface area (Å²) >= 11 is 3.45. The molecule has 0 bridgehead atoms. The smallest absolute Gasteiger partial charge is 0.0166 e. The third-order valence-electron chi connectivity index (χ3n) is 2.72. The van der Waals surface area contributed by atoms with Gasteiger partial charge in [0, 0.05) is 13.1 Å². The van der Waals surface area contributed by atoms with Crippen LogP contribution >= 0.6 is 15.9 Å². The molecule has 1 heterocycles. The second-order valence-electron chi connectivity index (χ2n) is 4.04. The SMILES string of the molecule is CC/C(=C\C=C(/C)Br)C1=CCN(C)CC1. The summed E-state index contributed by atoms with van der Waals surface area (Å²) in [5, 5.41) is 0. The van der Waals surface area contributed by atoms with E-state index in [1.807, 2.05) is 0 Å². The van der Waals surface area contributed by atoms with E-state index >= 15 is 0 Å². The second-order valence-corrected chi connectivity index (χ2v) is 5.29. The molecule has 84 valence electrons. The lowest BCUT2D eigenvalue weighted by Crippen LogP contribution is -2.24. The van der Waals surface area contributed by atoms with Gasteiger partial charge in [-0.15, -0.1) is 0 Å². The molecule has 1 rings (SSSR count). The van der Waals surface area contributed by atoms with E-state index in [0.29, 0.717) is 0 Å². The van der Waals surface area contributed by atoms with Crippen molar-refractivity contribution in [2.45, 2.75) is 26.7 Å². The van der Waals surface area contributed by atoms with E-state index < -0.39 is 0 Å². The van der Waals surface area contributed by atoms with Gasteiger partial charge in [0.25, 0.3) is 0 Å². The molecule has 0 radical (unpaired) electrons. The minimum Gasteiger partial charge on any atom is -0.302 e. The summed E-state index contributed by atoms with van der Waals surface area (Å²) < 4.78 is 1.18. The molecule has 0 saturated heterocycles. The van der Waals surface area contributed by atoms with Gasteiger partial charge in [0.15, 0.2) is 0 Å². The van der Waals surface area contributed by atoms with Crippen LogP contribution in [0.15, 0.2) is 33.9 Å². The number of hydrogen-bond acceptors (Lipinski definition) is 1. The topological polar surface area (TPSA) is 3.24 Å². The van der Waals surface area contributed by atoms with Gasteiger partial charge in [0.1, 0.15) is 0 Å². The maximum absolute atomic E-state index is 3.45. The summed E-state index contributed by atoms with van der Waals surface area (Å²) in [4.78, 5) is 2.35. The number of allylic oxidation sites excluding steroid dienone is 4. The summed E-state index contributed by atoms with van der Waals surface area (Å²) in [6.07, 6.45) is 9.03. The van der Waals surface area contributed by atoms with Crippen molar-refractivity contribution in [2.24, 2.45) is 0 Å². The van der Waals surface area contributed by atoms with Crippen LogP contribution in [0.25, 0.3) is 0 Å². The Morgan fingerprint density at radius 3 is 2.73 bits per heavy atom. The van der Waals surface area contributed by atoms with Crippen LogP contribution in [-0.2, 0) is 0 Å². The average Bonchev–Trinajstić information content (AvgIpc) is 2.21. The Kier molecular flexibility index (Phi) is 5.34. The summed E-state index contributed by atoms with van der Waals surface area (Å²) in [7, 11) is 2.17. The lowest BCUT2D eigenvalue weighted by atomic mass is 9.97. The minimum atomic E-state index is 1.09. The molecule has 0 amide bonds. The van der Waals surface area contributed by atoms with Gasteiger partial charge in [-0.25, -0.2) is 0 Å². The van der Waals surface area contributed by atoms with Gasteiger partial charge in [-0.05, 0) is 42.4 Å². The van der Waals surface area contributed by atoms with Gasteiger partial charge in [0.05, 0.1) is 0 Å². The molecule has 0 atom stereocenters. The van der Waals surface area contributed by atoms with Crippen LogP contribution in [0, 0.1) is 0 Å². The van der Waals surface area contributed by atoms with Crippen molar-refractivity contribution < 1.29 is 0 Å². The lowest BCUT2D eigenvalue weighted by molar-refractivity contribution is 0.360. The standard InChI is InChI=1S/C13H20BrN/c1-4-12(6-5-11(2)14)13-7-9-15(3)10-8-13/h5-7H,4,8-10H2,1-3H3/b11-5+,12-6+. The summed E-state index contributed by atoms with van der Waals surface area (Å²) in [5.74, 6) is 0. The third-order valence-corrected chi connectivity index (χ3v) is 2.98. The van der Waals surface area contributed by atoms with Crippen LogP contribution in [0.5, 0.6) is 0 Å². The summed E-state index contributed by atoms with van der Waals surface area (Å²) in [6.45, 7) is 6.55. The molecule has 0 aromatic carbocycles. The van der Waals surface area contributed by atoms with E-state index in [0.717, 1.165) is 13.0 Å². The maximum Gasteiger partial charge on any atom is 0.0166 e. The lowest BCUT2D eigenvalue weighted by Gasteiger charge is -2.23. The monoisotopic (exact) mass is 269 g/mol. The number of halogens is 1. The molecule has 1 aliphatic rings. The molecule has 0 aliphatic carbocycles. The maximum atomic E-state index is 3.45. The number of hydrogen-bond donors (Lipinski definition) is 0. The zero-order valence-corrected chi connectivity index (χ0v) is 11.5. The predicted molar refractivity (Wildman–Crippen MR) is 71.3 cm³/mol. The molecule has 15 heavy (non-hydrogen) atoms. The zero-order chi connectivity index (χ0) is 11.3. The first kappa shape index (κ1) is 12.7. The molecule has 1 nitrogen and oxygen atoms in total. The Bertz CT molecular complexity index is 296. The van der Waals surface area contributed by atoms with Crippen LogP contribution in [0.1, 0.15) is 26.7 Å². The van der Waals surface area contributed by atoms with E-state index in [9.17, 15) is 0 Å². The van der Waals surface area contributed by atoms with Crippen LogP contribution in [-0.4, -0.2) is 25.0 Å². The zero-order valence-electron chi connectivity index (χ0n) is 9.89.